The van der Waals surface area contributed by atoms with Crippen molar-refractivity contribution in [3.8, 4) is 5.75 Å². The molecule has 1 rings (SSSR count). The summed E-state index contributed by atoms with van der Waals surface area (Å²) in [6, 6.07) is 1.13. The summed E-state index contributed by atoms with van der Waals surface area (Å²) in [5.74, 6) is -8.01. The Morgan fingerprint density at radius 3 is 2.32 bits per heavy atom. The molecule has 0 spiro atoms. The molecule has 1 aromatic rings. The zero-order chi connectivity index (χ0) is 24.0. The number of rotatable bonds is 9. The first-order valence-electron chi connectivity index (χ1n) is 8.57. The van der Waals surface area contributed by atoms with Crippen molar-refractivity contribution in [2.24, 2.45) is 0 Å². The molecule has 1 aromatic carbocycles. The van der Waals surface area contributed by atoms with Crippen LogP contribution in [0.1, 0.15) is 30.6 Å². The lowest BCUT2D eigenvalue weighted by atomic mass is 10.1. The van der Waals surface area contributed by atoms with Gasteiger partial charge in [-0.25, -0.2) is 4.79 Å². The average Bonchev–Trinajstić information content (AvgIpc) is 2.67. The van der Waals surface area contributed by atoms with Crippen molar-refractivity contribution in [1.82, 2.24) is 5.32 Å². The van der Waals surface area contributed by atoms with Gasteiger partial charge in [0.2, 0.25) is 0 Å². The molecule has 31 heavy (non-hydrogen) atoms. The van der Waals surface area contributed by atoms with Gasteiger partial charge in [0.15, 0.2) is 12.4 Å². The number of nitrogens with zero attached hydrogens (tertiary/aromatic N) is 1. The Labute approximate surface area is 173 Å². The van der Waals surface area contributed by atoms with Crippen LogP contribution in [0.4, 0.5) is 27.6 Å². The Balaban J connectivity index is 3.16. The van der Waals surface area contributed by atoms with Gasteiger partial charge in [-0.15, -0.1) is 0 Å². The Hall–Kier alpha value is -3.25. The summed E-state index contributed by atoms with van der Waals surface area (Å²) in [5, 5.41) is 13.3. The molecule has 0 heterocycles. The third-order valence-electron chi connectivity index (χ3n) is 3.80. The number of methoxy groups -OCH3 is 1. The lowest BCUT2D eigenvalue weighted by molar-refractivity contribution is -0.386. The van der Waals surface area contributed by atoms with Crippen LogP contribution in [0, 0.1) is 10.1 Å². The molecule has 172 valence electrons. The second-order valence-corrected chi connectivity index (χ2v) is 6.50. The molecule has 0 aliphatic heterocycles. The van der Waals surface area contributed by atoms with Gasteiger partial charge in [0.25, 0.3) is 5.91 Å². The van der Waals surface area contributed by atoms with E-state index < -0.39 is 53.0 Å². The molecule has 0 saturated carbocycles. The average molecular weight is 454 g/mol. The third kappa shape index (κ3) is 7.19. The SMILES string of the molecule is COC(=O)[C@H](CC=C(C)C)NC(=O)c1ccc([N+](=O)[O-])c(OCC(F)(F)C(F)(F)F)c1. The first kappa shape index (κ1) is 25.8. The topological polar surface area (TPSA) is 108 Å². The molecule has 0 fully saturated rings. The predicted octanol–water partition coefficient (Wildman–Crippen LogP) is 3.80. The summed E-state index contributed by atoms with van der Waals surface area (Å²) >= 11 is 0. The van der Waals surface area contributed by atoms with Gasteiger partial charge in [-0.3, -0.25) is 14.9 Å². The number of amides is 1. The number of carbonyl (C=O) groups excluding carboxylic acids is 2. The number of esters is 1. The number of halogens is 5. The van der Waals surface area contributed by atoms with Crippen molar-refractivity contribution >= 4 is 17.6 Å². The Morgan fingerprint density at radius 1 is 1.23 bits per heavy atom. The standard InChI is InChI=1S/C18H19F5N2O6/c1-10(2)4-6-12(16(27)30-3)24-15(26)11-5-7-13(25(28)29)14(8-11)31-9-17(19,20)18(21,22)23/h4-5,7-8,12H,6,9H2,1-3H3,(H,24,26)/t12-/m0/s1. The van der Waals surface area contributed by atoms with Crippen LogP contribution in [0.15, 0.2) is 29.8 Å². The van der Waals surface area contributed by atoms with Crippen molar-refractivity contribution in [2.45, 2.75) is 38.4 Å². The first-order chi connectivity index (χ1) is 14.2. The number of hydrogen-bond donors (Lipinski definition) is 1. The van der Waals surface area contributed by atoms with Gasteiger partial charge in [-0.1, -0.05) is 11.6 Å². The highest BCUT2D eigenvalue weighted by Crippen LogP contribution is 2.37. The maximum absolute atomic E-state index is 13.1. The summed E-state index contributed by atoms with van der Waals surface area (Å²) in [4.78, 5) is 34.2. The largest absolute Gasteiger partial charge is 0.480 e. The summed E-state index contributed by atoms with van der Waals surface area (Å²) in [5.41, 5.74) is -0.467. The zero-order valence-electron chi connectivity index (χ0n) is 16.6. The Morgan fingerprint density at radius 2 is 1.84 bits per heavy atom. The van der Waals surface area contributed by atoms with Crippen LogP contribution in [0.2, 0.25) is 0 Å². The fourth-order valence-corrected chi connectivity index (χ4v) is 2.12. The fraction of sp³-hybridized carbons (Fsp3) is 0.444. The van der Waals surface area contributed by atoms with Gasteiger partial charge in [0.1, 0.15) is 6.04 Å². The molecule has 13 heteroatoms. The van der Waals surface area contributed by atoms with Gasteiger partial charge in [-0.05, 0) is 26.3 Å². The Bertz CT molecular complexity index is 865. The van der Waals surface area contributed by atoms with E-state index in [0.717, 1.165) is 18.7 Å². The van der Waals surface area contributed by atoms with Crippen LogP contribution in [0.25, 0.3) is 0 Å². The minimum Gasteiger partial charge on any atom is -0.480 e. The van der Waals surface area contributed by atoms with Crippen LogP contribution in [-0.4, -0.2) is 48.7 Å². The van der Waals surface area contributed by atoms with E-state index in [0.29, 0.717) is 12.1 Å². The maximum atomic E-state index is 13.1. The van der Waals surface area contributed by atoms with E-state index in [1.807, 2.05) is 0 Å². The van der Waals surface area contributed by atoms with Crippen LogP contribution < -0.4 is 10.1 Å². The van der Waals surface area contributed by atoms with Crippen molar-refractivity contribution in [1.29, 1.82) is 0 Å². The van der Waals surface area contributed by atoms with Gasteiger partial charge in [-0.2, -0.15) is 22.0 Å². The summed E-state index contributed by atoms with van der Waals surface area (Å²) < 4.78 is 72.0. The summed E-state index contributed by atoms with van der Waals surface area (Å²) in [6.45, 7) is 1.26. The van der Waals surface area contributed by atoms with Gasteiger partial charge < -0.3 is 14.8 Å². The van der Waals surface area contributed by atoms with E-state index in [1.54, 1.807) is 19.9 Å². The number of benzene rings is 1. The van der Waals surface area contributed by atoms with E-state index in [4.69, 9.17) is 0 Å². The normalized spacial score (nSPS) is 12.5. The molecule has 1 atom stereocenters. The molecule has 0 unspecified atom stereocenters. The number of hydrogen-bond acceptors (Lipinski definition) is 6. The van der Waals surface area contributed by atoms with Crippen LogP contribution in [0.3, 0.4) is 0 Å². The number of nitro benzene ring substituents is 1. The highest BCUT2D eigenvalue weighted by Gasteiger charge is 2.58. The number of ether oxygens (including phenoxy) is 2. The molecule has 0 aliphatic carbocycles. The molecule has 0 aromatic heterocycles. The predicted molar refractivity (Wildman–Crippen MR) is 96.9 cm³/mol. The molecular weight excluding hydrogens is 435 g/mol. The molecule has 0 bridgehead atoms. The van der Waals surface area contributed by atoms with Gasteiger partial charge >= 0.3 is 23.8 Å². The molecule has 1 amide bonds. The maximum Gasteiger partial charge on any atom is 0.456 e. The number of alkyl halides is 5. The highest BCUT2D eigenvalue weighted by molar-refractivity contribution is 5.97. The molecule has 1 N–H and O–H groups in total. The zero-order valence-corrected chi connectivity index (χ0v) is 16.6. The molecule has 8 nitrogen and oxygen atoms in total. The van der Waals surface area contributed by atoms with Crippen LogP contribution in [0.5, 0.6) is 5.75 Å². The molecule has 0 aliphatic rings. The molecule has 0 saturated heterocycles. The van der Waals surface area contributed by atoms with E-state index in [1.165, 1.54) is 0 Å². The third-order valence-corrected chi connectivity index (χ3v) is 3.80. The van der Waals surface area contributed by atoms with E-state index in [9.17, 15) is 41.7 Å². The number of nitrogens with one attached hydrogen (secondary N) is 1. The monoisotopic (exact) mass is 454 g/mol. The van der Waals surface area contributed by atoms with Crippen LogP contribution in [-0.2, 0) is 9.53 Å². The van der Waals surface area contributed by atoms with E-state index >= 15 is 0 Å². The quantitative estimate of drug-likeness (QED) is 0.200. The summed E-state index contributed by atoms with van der Waals surface area (Å²) in [6.07, 6.45) is -4.25. The van der Waals surface area contributed by atoms with Crippen molar-refractivity contribution in [3.63, 3.8) is 0 Å². The molecular formula is C18H19F5N2O6. The minimum atomic E-state index is -5.94. The van der Waals surface area contributed by atoms with Crippen LogP contribution >= 0.6 is 0 Å². The lowest BCUT2D eigenvalue weighted by Crippen LogP contribution is -2.42. The van der Waals surface area contributed by atoms with E-state index in [2.05, 4.69) is 14.8 Å². The van der Waals surface area contributed by atoms with E-state index in [-0.39, 0.29) is 12.0 Å². The molecule has 0 radical (unpaired) electrons. The van der Waals surface area contributed by atoms with Gasteiger partial charge in [0, 0.05) is 17.7 Å². The first-order valence-corrected chi connectivity index (χ1v) is 8.57. The smallest absolute Gasteiger partial charge is 0.456 e. The fourth-order valence-electron chi connectivity index (χ4n) is 2.12. The summed E-state index contributed by atoms with van der Waals surface area (Å²) in [7, 11) is 1.09. The minimum absolute atomic E-state index is 0.0505. The second-order valence-electron chi connectivity index (χ2n) is 6.50. The lowest BCUT2D eigenvalue weighted by Gasteiger charge is -2.20. The van der Waals surface area contributed by atoms with Crippen molar-refractivity contribution in [2.75, 3.05) is 13.7 Å². The highest BCUT2D eigenvalue weighted by atomic mass is 19.4. The second kappa shape index (κ2) is 10.2. The number of nitro groups is 1. The number of carbonyl (C=O) groups is 2. The Kier molecular flexibility index (Phi) is 8.46. The van der Waals surface area contributed by atoms with Gasteiger partial charge in [0.05, 0.1) is 12.0 Å². The number of allylic oxidation sites excluding steroid dienone is 1. The van der Waals surface area contributed by atoms with Crippen molar-refractivity contribution < 1.29 is 45.9 Å². The van der Waals surface area contributed by atoms with Crippen molar-refractivity contribution in [3.05, 3.63) is 45.5 Å².